The number of nitrogens with two attached hydrogens (primary N) is 1. The van der Waals surface area contributed by atoms with Crippen LogP contribution in [0.15, 0.2) is 22.6 Å². The second kappa shape index (κ2) is 6.72. The van der Waals surface area contributed by atoms with E-state index >= 15 is 0 Å². The molecule has 0 bridgehead atoms. The SMILES string of the molecule is COCCN(Cc1nc2c(N)cccc2o1)CC(C)C. The van der Waals surface area contributed by atoms with E-state index in [9.17, 15) is 0 Å². The van der Waals surface area contributed by atoms with Gasteiger partial charge in [0, 0.05) is 20.2 Å². The topological polar surface area (TPSA) is 64.5 Å². The number of para-hydroxylation sites is 1. The summed E-state index contributed by atoms with van der Waals surface area (Å²) in [5, 5.41) is 0. The number of rotatable bonds is 7. The molecular formula is C15H23N3O2. The van der Waals surface area contributed by atoms with Crippen molar-refractivity contribution in [3.8, 4) is 0 Å². The molecule has 0 amide bonds. The standard InChI is InChI=1S/C15H23N3O2/c1-11(2)9-18(7-8-19-3)10-14-17-15-12(16)5-4-6-13(15)20-14/h4-6,11H,7-10,16H2,1-3H3. The summed E-state index contributed by atoms with van der Waals surface area (Å²) in [5.41, 5.74) is 8.06. The number of hydrogen-bond donors (Lipinski definition) is 1. The number of hydrogen-bond acceptors (Lipinski definition) is 5. The van der Waals surface area contributed by atoms with Crippen LogP contribution < -0.4 is 5.73 Å². The van der Waals surface area contributed by atoms with Gasteiger partial charge in [-0.2, -0.15) is 0 Å². The Hall–Kier alpha value is -1.59. The van der Waals surface area contributed by atoms with Gasteiger partial charge >= 0.3 is 0 Å². The summed E-state index contributed by atoms with van der Waals surface area (Å²) in [6.45, 7) is 7.62. The van der Waals surface area contributed by atoms with E-state index < -0.39 is 0 Å². The molecule has 1 aromatic carbocycles. The predicted molar refractivity (Wildman–Crippen MR) is 80.4 cm³/mol. The average molecular weight is 277 g/mol. The van der Waals surface area contributed by atoms with E-state index in [2.05, 4.69) is 23.7 Å². The third-order valence-corrected chi connectivity index (χ3v) is 3.09. The molecule has 0 unspecified atom stereocenters. The maximum atomic E-state index is 5.91. The Morgan fingerprint density at radius 1 is 1.40 bits per heavy atom. The molecule has 0 aliphatic heterocycles. The van der Waals surface area contributed by atoms with Crippen LogP contribution in [0.25, 0.3) is 11.1 Å². The molecule has 1 aromatic heterocycles. The Bertz CT molecular complexity index is 551. The zero-order valence-electron chi connectivity index (χ0n) is 12.4. The molecule has 0 saturated carbocycles. The van der Waals surface area contributed by atoms with Crippen LogP contribution in [-0.2, 0) is 11.3 Å². The monoisotopic (exact) mass is 277 g/mol. The smallest absolute Gasteiger partial charge is 0.209 e. The molecule has 2 aromatic rings. The molecule has 5 heteroatoms. The molecule has 1 heterocycles. The lowest BCUT2D eigenvalue weighted by Gasteiger charge is -2.22. The van der Waals surface area contributed by atoms with E-state index in [-0.39, 0.29) is 0 Å². The average Bonchev–Trinajstić information content (AvgIpc) is 2.79. The lowest BCUT2D eigenvalue weighted by Crippen LogP contribution is -2.30. The molecule has 0 aliphatic carbocycles. The van der Waals surface area contributed by atoms with E-state index in [0.29, 0.717) is 30.6 Å². The third-order valence-electron chi connectivity index (χ3n) is 3.09. The second-order valence-electron chi connectivity index (χ2n) is 5.42. The number of oxazole rings is 1. The van der Waals surface area contributed by atoms with Crippen molar-refractivity contribution in [2.45, 2.75) is 20.4 Å². The van der Waals surface area contributed by atoms with Gasteiger partial charge in [0.2, 0.25) is 5.89 Å². The molecule has 0 aliphatic rings. The Kier molecular flexibility index (Phi) is 4.98. The molecule has 2 N–H and O–H groups in total. The number of aromatic nitrogens is 1. The first-order chi connectivity index (χ1) is 9.60. The van der Waals surface area contributed by atoms with E-state index in [1.807, 2.05) is 18.2 Å². The van der Waals surface area contributed by atoms with Crippen molar-refractivity contribution in [2.24, 2.45) is 5.92 Å². The van der Waals surface area contributed by atoms with Crippen molar-refractivity contribution in [1.82, 2.24) is 9.88 Å². The molecule has 110 valence electrons. The maximum absolute atomic E-state index is 5.91. The van der Waals surface area contributed by atoms with Gasteiger partial charge < -0.3 is 14.9 Å². The maximum Gasteiger partial charge on any atom is 0.209 e. The van der Waals surface area contributed by atoms with Crippen molar-refractivity contribution in [3.63, 3.8) is 0 Å². The number of nitrogen functional groups attached to an aromatic ring is 1. The Balaban J connectivity index is 2.12. The highest BCUT2D eigenvalue weighted by Gasteiger charge is 2.13. The predicted octanol–water partition coefficient (Wildman–Crippen LogP) is 2.51. The summed E-state index contributed by atoms with van der Waals surface area (Å²) < 4.78 is 10.9. The van der Waals surface area contributed by atoms with Crippen LogP contribution >= 0.6 is 0 Å². The van der Waals surface area contributed by atoms with Gasteiger partial charge in [-0.15, -0.1) is 0 Å². The molecule has 0 atom stereocenters. The third kappa shape index (κ3) is 3.71. The number of benzene rings is 1. The van der Waals surface area contributed by atoms with Crippen molar-refractivity contribution in [3.05, 3.63) is 24.1 Å². The van der Waals surface area contributed by atoms with E-state index in [1.165, 1.54) is 0 Å². The Labute approximate surface area is 119 Å². The number of methoxy groups -OCH3 is 1. The highest BCUT2D eigenvalue weighted by molar-refractivity contribution is 5.85. The molecule has 0 spiro atoms. The lowest BCUT2D eigenvalue weighted by atomic mass is 10.2. The fourth-order valence-corrected chi connectivity index (χ4v) is 2.25. The van der Waals surface area contributed by atoms with Gasteiger partial charge in [0.15, 0.2) is 5.58 Å². The van der Waals surface area contributed by atoms with Gasteiger partial charge in [-0.3, -0.25) is 4.90 Å². The summed E-state index contributed by atoms with van der Waals surface area (Å²) >= 11 is 0. The van der Waals surface area contributed by atoms with Crippen LogP contribution in [0.5, 0.6) is 0 Å². The highest BCUT2D eigenvalue weighted by atomic mass is 16.5. The van der Waals surface area contributed by atoms with E-state index in [0.717, 1.165) is 24.2 Å². The molecule has 0 saturated heterocycles. The normalized spacial score (nSPS) is 11.8. The van der Waals surface area contributed by atoms with Crippen LogP contribution in [-0.4, -0.2) is 36.7 Å². The highest BCUT2D eigenvalue weighted by Crippen LogP contribution is 2.22. The zero-order valence-corrected chi connectivity index (χ0v) is 12.4. The summed E-state index contributed by atoms with van der Waals surface area (Å²) in [5.74, 6) is 1.29. The molecule has 2 rings (SSSR count). The molecular weight excluding hydrogens is 254 g/mol. The first-order valence-corrected chi connectivity index (χ1v) is 6.95. The summed E-state index contributed by atoms with van der Waals surface area (Å²) in [4.78, 5) is 6.78. The Morgan fingerprint density at radius 3 is 2.85 bits per heavy atom. The lowest BCUT2D eigenvalue weighted by molar-refractivity contribution is 0.130. The number of anilines is 1. The fraction of sp³-hybridized carbons (Fsp3) is 0.533. The second-order valence-corrected chi connectivity index (χ2v) is 5.42. The van der Waals surface area contributed by atoms with Gasteiger partial charge in [0.25, 0.3) is 0 Å². The molecule has 0 fully saturated rings. The largest absolute Gasteiger partial charge is 0.439 e. The van der Waals surface area contributed by atoms with Crippen LogP contribution in [0.4, 0.5) is 5.69 Å². The van der Waals surface area contributed by atoms with Gasteiger partial charge in [-0.1, -0.05) is 19.9 Å². The van der Waals surface area contributed by atoms with Crippen LogP contribution in [0, 0.1) is 5.92 Å². The molecule has 5 nitrogen and oxygen atoms in total. The van der Waals surface area contributed by atoms with Crippen LogP contribution in [0.2, 0.25) is 0 Å². The van der Waals surface area contributed by atoms with E-state index in [1.54, 1.807) is 7.11 Å². The van der Waals surface area contributed by atoms with Crippen molar-refractivity contribution in [1.29, 1.82) is 0 Å². The first kappa shape index (κ1) is 14.8. The Morgan fingerprint density at radius 2 is 2.20 bits per heavy atom. The summed E-state index contributed by atoms with van der Waals surface area (Å²) in [7, 11) is 1.72. The van der Waals surface area contributed by atoms with Crippen molar-refractivity contribution in [2.75, 3.05) is 32.5 Å². The van der Waals surface area contributed by atoms with Gasteiger partial charge in [-0.05, 0) is 18.1 Å². The van der Waals surface area contributed by atoms with Crippen LogP contribution in [0.1, 0.15) is 19.7 Å². The minimum atomic E-state index is 0.585. The minimum Gasteiger partial charge on any atom is -0.439 e. The van der Waals surface area contributed by atoms with E-state index in [4.69, 9.17) is 14.9 Å². The minimum absolute atomic E-state index is 0.585. The molecule has 0 radical (unpaired) electrons. The van der Waals surface area contributed by atoms with Crippen molar-refractivity contribution < 1.29 is 9.15 Å². The van der Waals surface area contributed by atoms with Gasteiger partial charge in [0.1, 0.15) is 5.52 Å². The van der Waals surface area contributed by atoms with Crippen molar-refractivity contribution >= 4 is 16.8 Å². The number of nitrogens with zero attached hydrogens (tertiary/aromatic N) is 2. The van der Waals surface area contributed by atoms with Crippen LogP contribution in [0.3, 0.4) is 0 Å². The fourth-order valence-electron chi connectivity index (χ4n) is 2.25. The molecule has 20 heavy (non-hydrogen) atoms. The number of ether oxygens (including phenoxy) is 1. The number of fused-ring (bicyclic) bond motifs is 1. The van der Waals surface area contributed by atoms with Gasteiger partial charge in [-0.25, -0.2) is 4.98 Å². The zero-order chi connectivity index (χ0) is 14.5. The van der Waals surface area contributed by atoms with Gasteiger partial charge in [0.05, 0.1) is 18.8 Å². The first-order valence-electron chi connectivity index (χ1n) is 6.95. The quantitative estimate of drug-likeness (QED) is 0.788. The summed E-state index contributed by atoms with van der Waals surface area (Å²) in [6, 6.07) is 5.61. The summed E-state index contributed by atoms with van der Waals surface area (Å²) in [6.07, 6.45) is 0.